The van der Waals surface area contributed by atoms with Gasteiger partial charge >= 0.3 is 6.03 Å². The highest BCUT2D eigenvalue weighted by atomic mass is 32.1. The first kappa shape index (κ1) is 15.5. The number of urea groups is 1. The fourth-order valence-electron chi connectivity index (χ4n) is 2.22. The number of furan rings is 1. The number of amides is 2. The number of hydrogen-bond donors (Lipinski definition) is 3. The number of fused-ring (bicyclic) bond motifs is 1. The summed E-state index contributed by atoms with van der Waals surface area (Å²) in [6, 6.07) is 8.51. The molecule has 0 radical (unpaired) electrons. The van der Waals surface area contributed by atoms with E-state index in [4.69, 9.17) is 4.42 Å². The number of aliphatic hydroxyl groups is 1. The summed E-state index contributed by atoms with van der Waals surface area (Å²) < 4.78 is 6.19. The zero-order chi connectivity index (χ0) is 16.4. The molecule has 1 unspecified atom stereocenters. The molecule has 0 aliphatic carbocycles. The van der Waals surface area contributed by atoms with Crippen molar-refractivity contribution in [3.05, 3.63) is 47.4 Å². The summed E-state index contributed by atoms with van der Waals surface area (Å²) in [5.41, 5.74) is 0.329. The van der Waals surface area contributed by atoms with Crippen LogP contribution in [0.4, 0.5) is 10.5 Å². The largest absolute Gasteiger partial charge is 0.466 e. The van der Waals surface area contributed by atoms with Gasteiger partial charge in [-0.25, -0.2) is 9.78 Å². The van der Waals surface area contributed by atoms with E-state index in [1.807, 2.05) is 19.1 Å². The highest BCUT2D eigenvalue weighted by Gasteiger charge is 2.26. The summed E-state index contributed by atoms with van der Waals surface area (Å²) in [5.74, 6) is 0.402. The monoisotopic (exact) mass is 331 g/mol. The molecular weight excluding hydrogens is 314 g/mol. The molecule has 2 aromatic heterocycles. The molecule has 3 rings (SSSR count). The molecule has 23 heavy (non-hydrogen) atoms. The molecule has 1 atom stereocenters. The average Bonchev–Trinajstić information content (AvgIpc) is 3.13. The van der Waals surface area contributed by atoms with Crippen LogP contribution >= 0.6 is 11.3 Å². The lowest BCUT2D eigenvalue weighted by atomic mass is 10.0. The molecule has 0 bridgehead atoms. The lowest BCUT2D eigenvalue weighted by molar-refractivity contribution is 0.0372. The van der Waals surface area contributed by atoms with Crippen molar-refractivity contribution >= 4 is 33.3 Å². The Morgan fingerprint density at radius 1 is 1.43 bits per heavy atom. The van der Waals surface area contributed by atoms with Crippen LogP contribution < -0.4 is 10.6 Å². The first-order valence-corrected chi connectivity index (χ1v) is 7.94. The molecule has 0 spiro atoms. The minimum atomic E-state index is -1.26. The topological polar surface area (TPSA) is 87.4 Å². The number of hydrogen-bond acceptors (Lipinski definition) is 5. The molecule has 0 saturated heterocycles. The van der Waals surface area contributed by atoms with Crippen LogP contribution in [0.3, 0.4) is 0 Å². The Labute approximate surface area is 137 Å². The van der Waals surface area contributed by atoms with Crippen LogP contribution in [0, 0.1) is 6.92 Å². The van der Waals surface area contributed by atoms with E-state index in [0.717, 1.165) is 15.2 Å². The smallest absolute Gasteiger partial charge is 0.319 e. The van der Waals surface area contributed by atoms with Gasteiger partial charge in [0.2, 0.25) is 0 Å². The van der Waals surface area contributed by atoms with Crippen LogP contribution in [0.15, 0.2) is 41.0 Å². The molecule has 0 aliphatic rings. The Morgan fingerprint density at radius 3 is 3.00 bits per heavy atom. The normalized spacial score (nSPS) is 13.7. The number of aryl methyl sites for hydroxylation is 1. The molecule has 7 heteroatoms. The Balaban J connectivity index is 1.62. The SMILES string of the molecule is Cc1nc2ccc(NC(=O)NCC(C)(O)c3ccco3)cc2s1. The third-order valence-electron chi connectivity index (χ3n) is 3.40. The van der Waals surface area contributed by atoms with Gasteiger partial charge in [0.05, 0.1) is 28.0 Å². The number of carbonyl (C=O) groups is 1. The number of carbonyl (C=O) groups excluding carboxylic acids is 1. The van der Waals surface area contributed by atoms with Crippen LogP contribution in [-0.2, 0) is 5.60 Å². The van der Waals surface area contributed by atoms with Gasteiger partial charge in [0.25, 0.3) is 0 Å². The highest BCUT2D eigenvalue weighted by molar-refractivity contribution is 7.18. The molecule has 1 aromatic carbocycles. The molecule has 0 aliphatic heterocycles. The summed E-state index contributed by atoms with van der Waals surface area (Å²) in [4.78, 5) is 16.4. The van der Waals surface area contributed by atoms with Gasteiger partial charge in [-0.1, -0.05) is 0 Å². The van der Waals surface area contributed by atoms with E-state index in [2.05, 4.69) is 15.6 Å². The maximum Gasteiger partial charge on any atom is 0.319 e. The summed E-state index contributed by atoms with van der Waals surface area (Å²) in [5, 5.41) is 16.7. The van der Waals surface area contributed by atoms with Crippen molar-refractivity contribution < 1.29 is 14.3 Å². The van der Waals surface area contributed by atoms with Gasteiger partial charge in [-0.15, -0.1) is 11.3 Å². The highest BCUT2D eigenvalue weighted by Crippen LogP contribution is 2.25. The molecule has 6 nitrogen and oxygen atoms in total. The van der Waals surface area contributed by atoms with E-state index < -0.39 is 11.6 Å². The minimum absolute atomic E-state index is 0.0360. The van der Waals surface area contributed by atoms with Gasteiger partial charge in [-0.05, 0) is 44.2 Å². The number of rotatable bonds is 4. The van der Waals surface area contributed by atoms with Gasteiger partial charge in [0, 0.05) is 5.69 Å². The van der Waals surface area contributed by atoms with Crippen molar-refractivity contribution in [2.45, 2.75) is 19.4 Å². The lowest BCUT2D eigenvalue weighted by Crippen LogP contribution is -2.40. The first-order chi connectivity index (χ1) is 10.9. The second kappa shape index (κ2) is 6.02. The Kier molecular flexibility index (Phi) is 4.06. The number of nitrogens with zero attached hydrogens (tertiary/aromatic N) is 1. The van der Waals surface area contributed by atoms with Crippen molar-refractivity contribution in [3.8, 4) is 0 Å². The van der Waals surface area contributed by atoms with Crippen molar-refractivity contribution in [2.24, 2.45) is 0 Å². The first-order valence-electron chi connectivity index (χ1n) is 7.12. The Hall–Kier alpha value is -2.38. The van der Waals surface area contributed by atoms with E-state index in [1.165, 1.54) is 6.26 Å². The van der Waals surface area contributed by atoms with Crippen molar-refractivity contribution in [2.75, 3.05) is 11.9 Å². The standard InChI is InChI=1S/C16H17N3O3S/c1-10-18-12-6-5-11(8-13(12)23-10)19-15(20)17-9-16(2,21)14-4-3-7-22-14/h3-8,21H,9H2,1-2H3,(H2,17,19,20). The van der Waals surface area contributed by atoms with Crippen molar-refractivity contribution in [3.63, 3.8) is 0 Å². The van der Waals surface area contributed by atoms with E-state index in [1.54, 1.807) is 36.5 Å². The van der Waals surface area contributed by atoms with Crippen molar-refractivity contribution in [1.29, 1.82) is 0 Å². The Bertz CT molecular complexity index is 824. The fourth-order valence-corrected chi connectivity index (χ4v) is 3.08. The number of benzene rings is 1. The number of nitrogens with one attached hydrogen (secondary N) is 2. The van der Waals surface area contributed by atoms with Gasteiger partial charge in [0.15, 0.2) is 0 Å². The molecule has 0 fully saturated rings. The zero-order valence-corrected chi connectivity index (χ0v) is 13.6. The van der Waals surface area contributed by atoms with Crippen molar-refractivity contribution in [1.82, 2.24) is 10.3 Å². The van der Waals surface area contributed by atoms with Gasteiger partial charge in [0.1, 0.15) is 11.4 Å². The van der Waals surface area contributed by atoms with E-state index in [9.17, 15) is 9.90 Å². The van der Waals surface area contributed by atoms with Crippen LogP contribution in [0.25, 0.3) is 10.2 Å². The van der Waals surface area contributed by atoms with Crippen LogP contribution in [0.1, 0.15) is 17.7 Å². The Morgan fingerprint density at radius 2 is 2.26 bits per heavy atom. The van der Waals surface area contributed by atoms with Gasteiger partial charge in [-0.2, -0.15) is 0 Å². The second-order valence-electron chi connectivity index (χ2n) is 5.47. The molecule has 2 amide bonds. The van der Waals surface area contributed by atoms with E-state index in [0.29, 0.717) is 11.4 Å². The maximum absolute atomic E-state index is 12.0. The third kappa shape index (κ3) is 3.52. The van der Waals surface area contributed by atoms with Crippen LogP contribution in [0.2, 0.25) is 0 Å². The summed E-state index contributed by atoms with van der Waals surface area (Å²) >= 11 is 1.57. The lowest BCUT2D eigenvalue weighted by Gasteiger charge is -2.21. The maximum atomic E-state index is 12.0. The predicted molar refractivity (Wildman–Crippen MR) is 89.7 cm³/mol. The van der Waals surface area contributed by atoms with Gasteiger partial charge < -0.3 is 20.2 Å². The molecular formula is C16H17N3O3S. The fraction of sp³-hybridized carbons (Fsp3) is 0.250. The molecule has 3 aromatic rings. The number of thiazole rings is 1. The molecule has 120 valence electrons. The van der Waals surface area contributed by atoms with Crippen LogP contribution in [-0.4, -0.2) is 22.7 Å². The summed E-state index contributed by atoms with van der Waals surface area (Å²) in [6.45, 7) is 3.56. The zero-order valence-electron chi connectivity index (χ0n) is 12.8. The minimum Gasteiger partial charge on any atom is -0.466 e. The van der Waals surface area contributed by atoms with E-state index in [-0.39, 0.29) is 6.54 Å². The van der Waals surface area contributed by atoms with Gasteiger partial charge in [-0.3, -0.25) is 0 Å². The van der Waals surface area contributed by atoms with E-state index >= 15 is 0 Å². The number of aromatic nitrogens is 1. The predicted octanol–water partition coefficient (Wildman–Crippen LogP) is 3.23. The van der Waals surface area contributed by atoms with Crippen LogP contribution in [0.5, 0.6) is 0 Å². The average molecular weight is 331 g/mol. The molecule has 2 heterocycles. The second-order valence-corrected chi connectivity index (χ2v) is 6.71. The summed E-state index contributed by atoms with van der Waals surface area (Å²) in [6.07, 6.45) is 1.48. The molecule has 0 saturated carbocycles. The number of anilines is 1. The quantitative estimate of drug-likeness (QED) is 0.685. The third-order valence-corrected chi connectivity index (χ3v) is 4.33. The molecule has 3 N–H and O–H groups in total. The summed E-state index contributed by atoms with van der Waals surface area (Å²) in [7, 11) is 0.